The van der Waals surface area contributed by atoms with E-state index in [1.807, 2.05) is 0 Å². The molecule has 4 fully saturated rings. The van der Waals surface area contributed by atoms with E-state index in [-0.39, 0.29) is 41.2 Å². The Morgan fingerprint density at radius 2 is 1.92 bits per heavy atom. The van der Waals surface area contributed by atoms with Crippen molar-refractivity contribution in [2.24, 2.45) is 40.4 Å². The molecule has 2 N–H and O–H groups in total. The summed E-state index contributed by atoms with van der Waals surface area (Å²) in [7, 11) is 0. The summed E-state index contributed by atoms with van der Waals surface area (Å²) in [6.07, 6.45) is 6.62. The van der Waals surface area contributed by atoms with E-state index in [2.05, 4.69) is 13.8 Å². The van der Waals surface area contributed by atoms with Crippen molar-refractivity contribution in [3.8, 4) is 0 Å². The van der Waals surface area contributed by atoms with Crippen LogP contribution in [0.3, 0.4) is 0 Å². The molecule has 4 saturated carbocycles. The Hall–Kier alpha value is -0.740. The number of carbonyl (C=O) groups excluding carboxylic acids is 2. The van der Waals surface area contributed by atoms with E-state index >= 15 is 0 Å². The molecule has 140 valence electrons. The quantitative estimate of drug-likeness (QED) is 0.805. The van der Waals surface area contributed by atoms with Crippen molar-refractivity contribution in [3.05, 3.63) is 0 Å². The molecule has 4 heteroatoms. The Balaban J connectivity index is 1.66. The molecule has 0 saturated heterocycles. The second kappa shape index (κ2) is 5.88. The van der Waals surface area contributed by atoms with Gasteiger partial charge in [-0.05, 0) is 73.0 Å². The normalized spacial score (nSPS) is 52.2. The van der Waals surface area contributed by atoms with E-state index in [1.54, 1.807) is 0 Å². The van der Waals surface area contributed by atoms with Crippen LogP contribution in [0.15, 0.2) is 0 Å². The van der Waals surface area contributed by atoms with Crippen LogP contribution in [0, 0.1) is 40.4 Å². The lowest BCUT2D eigenvalue weighted by molar-refractivity contribution is -0.174. The van der Waals surface area contributed by atoms with Crippen LogP contribution in [-0.2, 0) is 9.59 Å². The molecule has 8 atom stereocenters. The van der Waals surface area contributed by atoms with Gasteiger partial charge in [-0.25, -0.2) is 0 Å². The van der Waals surface area contributed by atoms with E-state index in [1.165, 1.54) is 0 Å². The lowest BCUT2D eigenvalue weighted by atomic mass is 9.44. The van der Waals surface area contributed by atoms with Crippen LogP contribution in [0.25, 0.3) is 0 Å². The average Bonchev–Trinajstić information content (AvgIpc) is 2.91. The Kier molecular flexibility index (Phi) is 4.16. The second-order valence-electron chi connectivity index (χ2n) is 9.85. The molecule has 0 aromatic carbocycles. The number of ketones is 2. The van der Waals surface area contributed by atoms with E-state index in [9.17, 15) is 19.8 Å². The van der Waals surface area contributed by atoms with Crippen molar-refractivity contribution in [2.75, 3.05) is 6.61 Å². The maximum absolute atomic E-state index is 12.3. The molecule has 4 nitrogen and oxygen atoms in total. The topological polar surface area (TPSA) is 74.6 Å². The first-order chi connectivity index (χ1) is 11.8. The molecule has 0 heterocycles. The molecule has 0 aromatic rings. The first kappa shape index (κ1) is 17.7. The van der Waals surface area contributed by atoms with Gasteiger partial charge in [0, 0.05) is 18.8 Å². The van der Waals surface area contributed by atoms with Crippen LogP contribution in [0.1, 0.15) is 65.2 Å². The van der Waals surface area contributed by atoms with Crippen LogP contribution in [0.4, 0.5) is 0 Å². The summed E-state index contributed by atoms with van der Waals surface area (Å²) in [6, 6.07) is 0. The van der Waals surface area contributed by atoms with Crippen LogP contribution in [0.5, 0.6) is 0 Å². The molecule has 4 rings (SSSR count). The van der Waals surface area contributed by atoms with E-state index in [0.717, 1.165) is 32.1 Å². The fourth-order valence-electron chi connectivity index (χ4n) is 7.81. The summed E-state index contributed by atoms with van der Waals surface area (Å²) >= 11 is 0. The summed E-state index contributed by atoms with van der Waals surface area (Å²) in [5.74, 6) is 1.86. The van der Waals surface area contributed by atoms with Crippen molar-refractivity contribution < 1.29 is 19.8 Å². The van der Waals surface area contributed by atoms with Gasteiger partial charge < -0.3 is 10.2 Å². The van der Waals surface area contributed by atoms with Gasteiger partial charge in [-0.3, -0.25) is 9.59 Å². The summed E-state index contributed by atoms with van der Waals surface area (Å²) in [4.78, 5) is 24.3. The Labute approximate surface area is 150 Å². The summed E-state index contributed by atoms with van der Waals surface area (Å²) < 4.78 is 0. The third-order valence-corrected chi connectivity index (χ3v) is 8.95. The molecule has 0 unspecified atom stereocenters. The largest absolute Gasteiger partial charge is 0.393 e. The Morgan fingerprint density at radius 1 is 1.16 bits per heavy atom. The minimum atomic E-state index is -0.389. The average molecular weight is 348 g/mol. The molecule has 0 aliphatic heterocycles. The highest BCUT2D eigenvalue weighted by Gasteiger charge is 2.63. The smallest absolute Gasteiger partial charge is 0.161 e. The third kappa shape index (κ3) is 2.39. The van der Waals surface area contributed by atoms with Gasteiger partial charge in [0.2, 0.25) is 0 Å². The molecular weight excluding hydrogens is 316 g/mol. The molecule has 0 amide bonds. The third-order valence-electron chi connectivity index (χ3n) is 8.95. The van der Waals surface area contributed by atoms with Crippen LogP contribution >= 0.6 is 0 Å². The zero-order valence-corrected chi connectivity index (χ0v) is 15.5. The molecule has 0 radical (unpaired) electrons. The van der Waals surface area contributed by atoms with Gasteiger partial charge in [0.1, 0.15) is 12.4 Å². The molecular formula is C21H32O4. The second-order valence-corrected chi connectivity index (χ2v) is 9.85. The summed E-state index contributed by atoms with van der Waals surface area (Å²) in [5.41, 5.74) is -0.106. The highest BCUT2D eigenvalue weighted by atomic mass is 16.3. The highest BCUT2D eigenvalue weighted by molar-refractivity contribution is 5.83. The number of carbonyl (C=O) groups is 2. The molecule has 4 aliphatic rings. The zero-order valence-electron chi connectivity index (χ0n) is 15.5. The van der Waals surface area contributed by atoms with Crippen LogP contribution in [0.2, 0.25) is 0 Å². The lowest BCUT2D eigenvalue weighted by Crippen LogP contribution is -2.59. The Morgan fingerprint density at radius 3 is 2.64 bits per heavy atom. The number of rotatable bonds is 2. The summed E-state index contributed by atoms with van der Waals surface area (Å²) in [5, 5.41) is 20.6. The SMILES string of the molecule is C[C@]12CCC(=O)C[C@@H]1CC[C@@H]1[C@H]2[C@@H](O)C[C@]2(C)[C@@H](C(=O)CO)CC[C@H]12. The van der Waals surface area contributed by atoms with Gasteiger partial charge in [-0.15, -0.1) is 0 Å². The molecule has 4 aliphatic carbocycles. The van der Waals surface area contributed by atoms with Crippen LogP contribution < -0.4 is 0 Å². The van der Waals surface area contributed by atoms with Crippen molar-refractivity contribution in [1.82, 2.24) is 0 Å². The highest BCUT2D eigenvalue weighted by Crippen LogP contribution is 2.67. The van der Waals surface area contributed by atoms with E-state index < -0.39 is 0 Å². The fourth-order valence-corrected chi connectivity index (χ4v) is 7.81. The van der Waals surface area contributed by atoms with Gasteiger partial charge in [-0.1, -0.05) is 13.8 Å². The van der Waals surface area contributed by atoms with E-state index in [0.29, 0.717) is 42.8 Å². The van der Waals surface area contributed by atoms with Gasteiger partial charge in [-0.2, -0.15) is 0 Å². The number of hydrogen-bond donors (Lipinski definition) is 2. The van der Waals surface area contributed by atoms with Gasteiger partial charge >= 0.3 is 0 Å². The predicted octanol–water partition coefficient (Wildman–Crippen LogP) is 2.75. The lowest BCUT2D eigenvalue weighted by Gasteiger charge is -2.61. The minimum Gasteiger partial charge on any atom is -0.393 e. The number of aliphatic hydroxyl groups excluding tert-OH is 2. The summed E-state index contributed by atoms with van der Waals surface area (Å²) in [6.45, 7) is 4.12. The van der Waals surface area contributed by atoms with Gasteiger partial charge in [0.25, 0.3) is 0 Å². The first-order valence-electron chi connectivity index (χ1n) is 10.1. The maximum Gasteiger partial charge on any atom is 0.161 e. The number of fused-ring (bicyclic) bond motifs is 5. The molecule has 0 spiro atoms. The van der Waals surface area contributed by atoms with Gasteiger partial charge in [0.15, 0.2) is 5.78 Å². The van der Waals surface area contributed by atoms with Crippen molar-refractivity contribution in [1.29, 1.82) is 0 Å². The van der Waals surface area contributed by atoms with Crippen LogP contribution in [-0.4, -0.2) is 34.5 Å². The first-order valence-corrected chi connectivity index (χ1v) is 10.1. The fraction of sp³-hybridized carbons (Fsp3) is 0.905. The van der Waals surface area contributed by atoms with E-state index in [4.69, 9.17) is 0 Å². The number of Topliss-reactive ketones (excluding diaryl/α,β-unsaturated/α-hetero) is 2. The van der Waals surface area contributed by atoms with Crippen molar-refractivity contribution in [3.63, 3.8) is 0 Å². The predicted molar refractivity (Wildman–Crippen MR) is 93.7 cm³/mol. The molecule has 0 aromatic heterocycles. The van der Waals surface area contributed by atoms with Crippen molar-refractivity contribution >= 4 is 11.6 Å². The van der Waals surface area contributed by atoms with Gasteiger partial charge in [0.05, 0.1) is 6.10 Å². The molecule has 25 heavy (non-hydrogen) atoms. The number of aliphatic hydroxyl groups is 2. The Bertz CT molecular complexity index is 586. The standard InChI is InChI=1S/C21H32O4/c1-20-8-7-13(23)9-12(20)3-4-14-15-5-6-16(18(25)11-22)21(15,2)10-17(24)19(14)20/h12,14-17,19,22,24H,3-11H2,1-2H3/t12-,14-,15+,16+,17-,19-,20-,21-/m0/s1. The molecule has 0 bridgehead atoms. The minimum absolute atomic E-state index is 0.0428. The van der Waals surface area contributed by atoms with Crippen molar-refractivity contribution in [2.45, 2.75) is 71.3 Å². The maximum atomic E-state index is 12.3. The zero-order chi connectivity index (χ0) is 18.0. The number of hydrogen-bond acceptors (Lipinski definition) is 4. The monoisotopic (exact) mass is 348 g/mol.